The minimum Gasteiger partial charge on any atom is -0.497 e. The normalized spacial score (nSPS) is 17.0. The maximum absolute atomic E-state index is 12.8. The number of ether oxygens (including phenoxy) is 1. The second kappa shape index (κ2) is 8.17. The van der Waals surface area contributed by atoms with Gasteiger partial charge in [0.15, 0.2) is 0 Å². The van der Waals surface area contributed by atoms with Gasteiger partial charge in [0.25, 0.3) is 0 Å². The van der Waals surface area contributed by atoms with Crippen molar-refractivity contribution in [2.75, 3.05) is 19.0 Å². The van der Waals surface area contributed by atoms with Gasteiger partial charge < -0.3 is 10.1 Å². The highest BCUT2D eigenvalue weighted by molar-refractivity contribution is 6.30. The lowest BCUT2D eigenvalue weighted by molar-refractivity contribution is -0.120. The van der Waals surface area contributed by atoms with Crippen molar-refractivity contribution in [3.05, 3.63) is 65.3 Å². The second-order valence-electron chi connectivity index (χ2n) is 6.98. The molecule has 1 aromatic heterocycles. The number of hydrogen-bond donors (Lipinski definition) is 1. The first-order chi connectivity index (χ1) is 13.6. The number of para-hydroxylation sites is 1. The van der Waals surface area contributed by atoms with Crippen molar-refractivity contribution in [3.8, 4) is 5.75 Å². The molecule has 0 bridgehead atoms. The molecule has 1 aliphatic heterocycles. The third kappa shape index (κ3) is 3.96. The van der Waals surface area contributed by atoms with Crippen molar-refractivity contribution in [1.82, 2.24) is 9.88 Å². The summed E-state index contributed by atoms with van der Waals surface area (Å²) in [5.74, 6) is 0.770. The summed E-state index contributed by atoms with van der Waals surface area (Å²) in [5.41, 5.74) is 2.60. The molecule has 0 spiro atoms. The number of carbonyl (C=O) groups is 1. The molecule has 1 amide bonds. The summed E-state index contributed by atoms with van der Waals surface area (Å²) in [4.78, 5) is 19.5. The van der Waals surface area contributed by atoms with Crippen LogP contribution in [0.2, 0.25) is 5.15 Å². The van der Waals surface area contributed by atoms with E-state index in [2.05, 4.69) is 21.3 Å². The Bertz CT molecular complexity index is 991. The largest absolute Gasteiger partial charge is 0.497 e. The fraction of sp³-hybridized carbons (Fsp3) is 0.273. The maximum Gasteiger partial charge on any atom is 0.241 e. The molecular weight excluding hydrogens is 374 g/mol. The van der Waals surface area contributed by atoms with E-state index in [1.165, 1.54) is 0 Å². The van der Waals surface area contributed by atoms with Gasteiger partial charge >= 0.3 is 0 Å². The topological polar surface area (TPSA) is 54.5 Å². The Morgan fingerprint density at radius 1 is 1.25 bits per heavy atom. The molecule has 1 fully saturated rings. The Labute approximate surface area is 169 Å². The minimum absolute atomic E-state index is 0.00698. The molecule has 0 saturated carbocycles. The Kier molecular flexibility index (Phi) is 5.46. The molecule has 144 valence electrons. The van der Waals surface area contributed by atoms with Crippen molar-refractivity contribution in [2.24, 2.45) is 0 Å². The predicted octanol–water partition coefficient (Wildman–Crippen LogP) is 4.50. The molecule has 4 rings (SSSR count). The maximum atomic E-state index is 12.8. The van der Waals surface area contributed by atoms with Crippen LogP contribution in [0.4, 0.5) is 5.69 Å². The zero-order valence-electron chi connectivity index (χ0n) is 15.7. The van der Waals surface area contributed by atoms with E-state index < -0.39 is 0 Å². The van der Waals surface area contributed by atoms with E-state index in [1.54, 1.807) is 7.11 Å². The first kappa shape index (κ1) is 18.7. The zero-order chi connectivity index (χ0) is 19.5. The standard InChI is InChI=1S/C22H22ClN3O2/c1-28-18-10-8-17(9-11-18)24-22(27)20-7-4-12-26(20)14-16-13-15-5-2-3-6-19(15)25-21(16)23/h2-3,5-6,8-11,13,20H,4,7,12,14H2,1H3,(H,24,27)/t20-/m0/s1. The highest BCUT2D eigenvalue weighted by Crippen LogP contribution is 2.26. The molecule has 28 heavy (non-hydrogen) atoms. The Balaban J connectivity index is 1.48. The number of halogens is 1. The summed E-state index contributed by atoms with van der Waals surface area (Å²) in [7, 11) is 1.62. The van der Waals surface area contributed by atoms with Crippen LogP contribution in [-0.2, 0) is 11.3 Å². The number of carbonyl (C=O) groups excluding carboxylic acids is 1. The molecule has 1 saturated heterocycles. The number of nitrogens with zero attached hydrogens (tertiary/aromatic N) is 2. The second-order valence-corrected chi connectivity index (χ2v) is 7.34. The van der Waals surface area contributed by atoms with E-state index in [0.29, 0.717) is 11.7 Å². The van der Waals surface area contributed by atoms with E-state index in [-0.39, 0.29) is 11.9 Å². The van der Waals surface area contributed by atoms with Crippen LogP contribution in [0.5, 0.6) is 5.75 Å². The summed E-state index contributed by atoms with van der Waals surface area (Å²) in [6, 6.07) is 17.2. The molecule has 6 heteroatoms. The molecule has 2 aromatic carbocycles. The Morgan fingerprint density at radius 3 is 2.82 bits per heavy atom. The molecule has 1 atom stereocenters. The van der Waals surface area contributed by atoms with Gasteiger partial charge in [-0.3, -0.25) is 9.69 Å². The molecule has 2 heterocycles. The minimum atomic E-state index is -0.176. The van der Waals surface area contributed by atoms with Crippen LogP contribution in [-0.4, -0.2) is 35.5 Å². The number of nitrogens with one attached hydrogen (secondary N) is 1. The van der Waals surface area contributed by atoms with E-state index in [9.17, 15) is 4.79 Å². The van der Waals surface area contributed by atoms with Crippen LogP contribution in [0.25, 0.3) is 10.9 Å². The van der Waals surface area contributed by atoms with Crippen molar-refractivity contribution in [1.29, 1.82) is 0 Å². The van der Waals surface area contributed by atoms with Crippen molar-refractivity contribution in [3.63, 3.8) is 0 Å². The molecule has 5 nitrogen and oxygen atoms in total. The zero-order valence-corrected chi connectivity index (χ0v) is 16.4. The van der Waals surface area contributed by atoms with Gasteiger partial charge in [0, 0.05) is 23.2 Å². The number of rotatable bonds is 5. The lowest BCUT2D eigenvalue weighted by Gasteiger charge is -2.24. The van der Waals surface area contributed by atoms with E-state index in [1.807, 2.05) is 48.5 Å². The summed E-state index contributed by atoms with van der Waals surface area (Å²) in [6.07, 6.45) is 1.82. The molecule has 0 unspecified atom stereocenters. The lowest BCUT2D eigenvalue weighted by atomic mass is 10.1. The number of pyridine rings is 1. The fourth-order valence-electron chi connectivity index (χ4n) is 3.68. The van der Waals surface area contributed by atoms with Gasteiger partial charge in [0.1, 0.15) is 10.9 Å². The van der Waals surface area contributed by atoms with E-state index in [4.69, 9.17) is 16.3 Å². The monoisotopic (exact) mass is 395 g/mol. The number of likely N-dealkylation sites (tertiary alicyclic amines) is 1. The van der Waals surface area contributed by atoms with Gasteiger partial charge in [-0.15, -0.1) is 0 Å². The van der Waals surface area contributed by atoms with E-state index in [0.717, 1.165) is 47.3 Å². The molecule has 1 aliphatic rings. The van der Waals surface area contributed by atoms with Crippen LogP contribution in [0.3, 0.4) is 0 Å². The SMILES string of the molecule is COc1ccc(NC(=O)[C@@H]2CCCN2Cc2cc3ccccc3nc2Cl)cc1. The van der Waals surface area contributed by atoms with Crippen LogP contribution >= 0.6 is 11.6 Å². The smallest absolute Gasteiger partial charge is 0.241 e. The number of benzene rings is 2. The average Bonchev–Trinajstić information content (AvgIpc) is 3.17. The number of fused-ring (bicyclic) bond motifs is 1. The van der Waals surface area contributed by atoms with Gasteiger partial charge in [-0.25, -0.2) is 4.98 Å². The van der Waals surface area contributed by atoms with Crippen LogP contribution in [0.1, 0.15) is 18.4 Å². The average molecular weight is 396 g/mol. The quantitative estimate of drug-likeness (QED) is 0.646. The molecule has 0 radical (unpaired) electrons. The Hall–Kier alpha value is -2.63. The van der Waals surface area contributed by atoms with Gasteiger partial charge in [0.2, 0.25) is 5.91 Å². The van der Waals surface area contributed by atoms with Crippen molar-refractivity contribution in [2.45, 2.75) is 25.4 Å². The highest BCUT2D eigenvalue weighted by Gasteiger charge is 2.31. The van der Waals surface area contributed by atoms with E-state index >= 15 is 0 Å². The number of aromatic nitrogens is 1. The first-order valence-corrected chi connectivity index (χ1v) is 9.75. The number of hydrogen-bond acceptors (Lipinski definition) is 4. The van der Waals surface area contributed by atoms with Crippen LogP contribution < -0.4 is 10.1 Å². The third-order valence-electron chi connectivity index (χ3n) is 5.15. The molecular formula is C22H22ClN3O2. The van der Waals surface area contributed by atoms with Crippen LogP contribution in [0.15, 0.2) is 54.6 Å². The molecule has 1 N–H and O–H groups in total. The third-order valence-corrected chi connectivity index (χ3v) is 5.47. The predicted molar refractivity (Wildman–Crippen MR) is 112 cm³/mol. The molecule has 3 aromatic rings. The first-order valence-electron chi connectivity index (χ1n) is 9.37. The summed E-state index contributed by atoms with van der Waals surface area (Å²) >= 11 is 6.42. The van der Waals surface area contributed by atoms with Crippen molar-refractivity contribution >= 4 is 34.1 Å². The summed E-state index contributed by atoms with van der Waals surface area (Å²) in [5, 5.41) is 4.57. The lowest BCUT2D eigenvalue weighted by Crippen LogP contribution is -2.39. The number of methoxy groups -OCH3 is 1. The van der Waals surface area contributed by atoms with Gasteiger partial charge in [-0.05, 0) is 55.8 Å². The van der Waals surface area contributed by atoms with Crippen LogP contribution in [0, 0.1) is 0 Å². The Morgan fingerprint density at radius 2 is 2.04 bits per heavy atom. The summed E-state index contributed by atoms with van der Waals surface area (Å²) < 4.78 is 5.16. The summed E-state index contributed by atoms with van der Waals surface area (Å²) in [6.45, 7) is 1.47. The van der Waals surface area contributed by atoms with Gasteiger partial charge in [-0.2, -0.15) is 0 Å². The number of amides is 1. The number of anilines is 1. The highest BCUT2D eigenvalue weighted by atomic mass is 35.5. The fourth-order valence-corrected chi connectivity index (χ4v) is 3.88. The van der Waals surface area contributed by atoms with Gasteiger partial charge in [0.05, 0.1) is 18.7 Å². The molecule has 0 aliphatic carbocycles. The van der Waals surface area contributed by atoms with Gasteiger partial charge in [-0.1, -0.05) is 29.8 Å². The van der Waals surface area contributed by atoms with Crippen molar-refractivity contribution < 1.29 is 9.53 Å².